The number of benzene rings is 1. The Labute approximate surface area is 133 Å². The average molecular weight is 301 g/mol. The SMILES string of the molecule is CC(CC(=O)Nc1ccc2c(c1)CCCN2)C1CCCNC1. The molecule has 2 atom stereocenters. The van der Waals surface area contributed by atoms with Crippen LogP contribution in [0.4, 0.5) is 11.4 Å². The topological polar surface area (TPSA) is 53.2 Å². The Morgan fingerprint density at radius 1 is 1.36 bits per heavy atom. The Balaban J connectivity index is 1.54. The molecular weight excluding hydrogens is 274 g/mol. The van der Waals surface area contributed by atoms with E-state index in [1.807, 2.05) is 6.07 Å². The molecule has 1 fully saturated rings. The first kappa shape index (κ1) is 15.3. The van der Waals surface area contributed by atoms with Gasteiger partial charge in [-0.1, -0.05) is 6.92 Å². The summed E-state index contributed by atoms with van der Waals surface area (Å²) in [5, 5.41) is 9.91. The van der Waals surface area contributed by atoms with Gasteiger partial charge in [0.25, 0.3) is 0 Å². The molecule has 0 aromatic heterocycles. The van der Waals surface area contributed by atoms with Gasteiger partial charge in [0.15, 0.2) is 0 Å². The summed E-state index contributed by atoms with van der Waals surface area (Å²) < 4.78 is 0. The lowest BCUT2D eigenvalue weighted by atomic mass is 9.85. The van der Waals surface area contributed by atoms with Crippen molar-refractivity contribution >= 4 is 17.3 Å². The van der Waals surface area contributed by atoms with E-state index >= 15 is 0 Å². The fourth-order valence-electron chi connectivity index (χ4n) is 3.59. The lowest BCUT2D eigenvalue weighted by molar-refractivity contribution is -0.117. The summed E-state index contributed by atoms with van der Waals surface area (Å²) in [6, 6.07) is 6.20. The maximum absolute atomic E-state index is 12.3. The van der Waals surface area contributed by atoms with E-state index in [9.17, 15) is 4.79 Å². The van der Waals surface area contributed by atoms with Crippen LogP contribution in [0, 0.1) is 11.8 Å². The van der Waals surface area contributed by atoms with Crippen LogP contribution in [-0.2, 0) is 11.2 Å². The highest BCUT2D eigenvalue weighted by molar-refractivity contribution is 5.91. The van der Waals surface area contributed by atoms with E-state index < -0.39 is 0 Å². The number of anilines is 2. The van der Waals surface area contributed by atoms with E-state index in [-0.39, 0.29) is 5.91 Å². The number of amides is 1. The third-order valence-electron chi connectivity index (χ3n) is 4.97. The van der Waals surface area contributed by atoms with Gasteiger partial charge in [-0.05, 0) is 74.4 Å². The predicted octanol–water partition coefficient (Wildman–Crippen LogP) is 3.01. The van der Waals surface area contributed by atoms with Gasteiger partial charge >= 0.3 is 0 Å². The van der Waals surface area contributed by atoms with Crippen molar-refractivity contribution in [2.24, 2.45) is 11.8 Å². The van der Waals surface area contributed by atoms with Gasteiger partial charge in [0.05, 0.1) is 0 Å². The van der Waals surface area contributed by atoms with Gasteiger partial charge in [-0.15, -0.1) is 0 Å². The number of fused-ring (bicyclic) bond motifs is 1. The van der Waals surface area contributed by atoms with E-state index in [0.717, 1.165) is 38.2 Å². The molecule has 4 nitrogen and oxygen atoms in total. The molecule has 0 aliphatic carbocycles. The summed E-state index contributed by atoms with van der Waals surface area (Å²) in [6.07, 6.45) is 5.34. The van der Waals surface area contributed by atoms with Crippen LogP contribution in [0.2, 0.25) is 0 Å². The lowest BCUT2D eigenvalue weighted by Crippen LogP contribution is -2.34. The van der Waals surface area contributed by atoms with Crippen molar-refractivity contribution in [3.8, 4) is 0 Å². The average Bonchev–Trinajstić information content (AvgIpc) is 2.55. The van der Waals surface area contributed by atoms with Gasteiger partial charge in [0, 0.05) is 24.3 Å². The molecule has 1 saturated heterocycles. The molecule has 1 aromatic carbocycles. The van der Waals surface area contributed by atoms with Crippen LogP contribution in [0.25, 0.3) is 0 Å². The minimum Gasteiger partial charge on any atom is -0.385 e. The zero-order chi connectivity index (χ0) is 15.4. The first-order chi connectivity index (χ1) is 10.7. The first-order valence-electron chi connectivity index (χ1n) is 8.60. The number of carbonyl (C=O) groups is 1. The molecule has 22 heavy (non-hydrogen) atoms. The Morgan fingerprint density at radius 3 is 3.09 bits per heavy atom. The Kier molecular flexibility index (Phi) is 4.98. The largest absolute Gasteiger partial charge is 0.385 e. The third-order valence-corrected chi connectivity index (χ3v) is 4.97. The van der Waals surface area contributed by atoms with E-state index in [2.05, 4.69) is 35.0 Å². The Morgan fingerprint density at radius 2 is 2.27 bits per heavy atom. The van der Waals surface area contributed by atoms with Gasteiger partial charge in [-0.25, -0.2) is 0 Å². The van der Waals surface area contributed by atoms with Crippen LogP contribution in [0.1, 0.15) is 38.2 Å². The van der Waals surface area contributed by atoms with Crippen LogP contribution < -0.4 is 16.0 Å². The molecule has 4 heteroatoms. The van der Waals surface area contributed by atoms with Crippen LogP contribution in [0.5, 0.6) is 0 Å². The van der Waals surface area contributed by atoms with E-state index in [0.29, 0.717) is 18.3 Å². The molecule has 2 heterocycles. The molecule has 2 aliphatic heterocycles. The molecule has 2 unspecified atom stereocenters. The second kappa shape index (κ2) is 7.14. The molecule has 3 N–H and O–H groups in total. The normalized spacial score (nSPS) is 22.3. The molecule has 1 aromatic rings. The summed E-state index contributed by atoms with van der Waals surface area (Å²) in [7, 11) is 0. The lowest BCUT2D eigenvalue weighted by Gasteiger charge is -2.28. The molecule has 2 aliphatic rings. The van der Waals surface area contributed by atoms with Crippen LogP contribution in [0.3, 0.4) is 0 Å². The van der Waals surface area contributed by atoms with Gasteiger partial charge < -0.3 is 16.0 Å². The smallest absolute Gasteiger partial charge is 0.224 e. The molecule has 0 bridgehead atoms. The Bertz CT molecular complexity index is 523. The van der Waals surface area contributed by atoms with E-state index in [1.165, 1.54) is 24.1 Å². The number of aryl methyl sites for hydroxylation is 1. The molecule has 0 radical (unpaired) electrons. The van der Waals surface area contributed by atoms with Crippen molar-refractivity contribution in [3.63, 3.8) is 0 Å². The predicted molar refractivity (Wildman–Crippen MR) is 91.3 cm³/mol. The summed E-state index contributed by atoms with van der Waals surface area (Å²) in [5.74, 6) is 1.21. The van der Waals surface area contributed by atoms with Crippen molar-refractivity contribution in [3.05, 3.63) is 23.8 Å². The quantitative estimate of drug-likeness (QED) is 0.801. The van der Waals surface area contributed by atoms with Crippen molar-refractivity contribution in [1.82, 2.24) is 5.32 Å². The molecular formula is C18H27N3O. The number of piperidine rings is 1. The fourth-order valence-corrected chi connectivity index (χ4v) is 3.59. The maximum Gasteiger partial charge on any atom is 0.224 e. The highest BCUT2D eigenvalue weighted by Crippen LogP contribution is 2.26. The third kappa shape index (κ3) is 3.80. The highest BCUT2D eigenvalue weighted by atomic mass is 16.1. The van der Waals surface area contributed by atoms with Gasteiger partial charge in [0.2, 0.25) is 5.91 Å². The number of hydrogen-bond donors (Lipinski definition) is 3. The van der Waals surface area contributed by atoms with E-state index in [4.69, 9.17) is 0 Å². The van der Waals surface area contributed by atoms with Crippen LogP contribution in [-0.4, -0.2) is 25.5 Å². The van der Waals surface area contributed by atoms with Crippen molar-refractivity contribution < 1.29 is 4.79 Å². The number of carbonyl (C=O) groups excluding carboxylic acids is 1. The van der Waals surface area contributed by atoms with Crippen LogP contribution >= 0.6 is 0 Å². The van der Waals surface area contributed by atoms with Gasteiger partial charge in [-0.3, -0.25) is 4.79 Å². The summed E-state index contributed by atoms with van der Waals surface area (Å²) in [4.78, 5) is 12.3. The minimum absolute atomic E-state index is 0.141. The first-order valence-corrected chi connectivity index (χ1v) is 8.60. The minimum atomic E-state index is 0.141. The number of rotatable bonds is 4. The van der Waals surface area contributed by atoms with Gasteiger partial charge in [-0.2, -0.15) is 0 Å². The molecule has 0 spiro atoms. The summed E-state index contributed by atoms with van der Waals surface area (Å²) in [5.41, 5.74) is 3.46. The van der Waals surface area contributed by atoms with Crippen molar-refractivity contribution in [1.29, 1.82) is 0 Å². The van der Waals surface area contributed by atoms with E-state index in [1.54, 1.807) is 0 Å². The molecule has 0 saturated carbocycles. The van der Waals surface area contributed by atoms with Gasteiger partial charge in [0.1, 0.15) is 0 Å². The summed E-state index contributed by atoms with van der Waals surface area (Å²) in [6.45, 7) is 5.43. The Hall–Kier alpha value is -1.55. The molecule has 1 amide bonds. The molecule has 120 valence electrons. The summed E-state index contributed by atoms with van der Waals surface area (Å²) >= 11 is 0. The standard InChI is InChI=1S/C18H27N3O/c1-13(15-5-2-8-19-12-15)10-18(22)21-16-6-7-17-14(11-16)4-3-9-20-17/h6-7,11,13,15,19-20H,2-5,8-10,12H2,1H3,(H,21,22). The van der Waals surface area contributed by atoms with Crippen molar-refractivity contribution in [2.75, 3.05) is 30.3 Å². The highest BCUT2D eigenvalue weighted by Gasteiger charge is 2.22. The number of nitrogens with one attached hydrogen (secondary N) is 3. The molecule has 3 rings (SSSR count). The zero-order valence-electron chi connectivity index (χ0n) is 13.5. The second-order valence-corrected chi connectivity index (χ2v) is 6.74. The zero-order valence-corrected chi connectivity index (χ0v) is 13.5. The van der Waals surface area contributed by atoms with Crippen molar-refractivity contribution in [2.45, 2.75) is 39.0 Å². The fraction of sp³-hybridized carbons (Fsp3) is 0.611. The maximum atomic E-state index is 12.3. The van der Waals surface area contributed by atoms with Crippen LogP contribution in [0.15, 0.2) is 18.2 Å². The number of hydrogen-bond acceptors (Lipinski definition) is 3. The second-order valence-electron chi connectivity index (χ2n) is 6.74. The monoisotopic (exact) mass is 301 g/mol.